The lowest BCUT2D eigenvalue weighted by Gasteiger charge is -2.22. The van der Waals surface area contributed by atoms with E-state index in [1.807, 2.05) is 24.3 Å². The average molecular weight is 325 g/mol. The third-order valence-corrected chi connectivity index (χ3v) is 4.89. The third kappa shape index (κ3) is 3.67. The van der Waals surface area contributed by atoms with Crippen LogP contribution in [-0.4, -0.2) is 23.4 Å². The monoisotopic (exact) mass is 324 g/mol. The van der Waals surface area contributed by atoms with Crippen LogP contribution in [0.25, 0.3) is 0 Å². The highest BCUT2D eigenvalue weighted by Crippen LogP contribution is 2.26. The number of furan rings is 1. The van der Waals surface area contributed by atoms with Crippen molar-refractivity contribution in [1.29, 1.82) is 0 Å². The van der Waals surface area contributed by atoms with Crippen LogP contribution >= 0.6 is 22.9 Å². The molecule has 3 rings (SSSR count). The zero-order valence-corrected chi connectivity index (χ0v) is 13.1. The van der Waals surface area contributed by atoms with E-state index in [-0.39, 0.29) is 11.9 Å². The van der Waals surface area contributed by atoms with Gasteiger partial charge in [-0.15, -0.1) is 11.3 Å². The van der Waals surface area contributed by atoms with E-state index in [0.717, 1.165) is 36.0 Å². The Bertz CT molecular complexity index is 597. The van der Waals surface area contributed by atoms with Crippen LogP contribution < -0.4 is 5.32 Å². The van der Waals surface area contributed by atoms with Gasteiger partial charge < -0.3 is 9.73 Å². The van der Waals surface area contributed by atoms with Gasteiger partial charge in [0.15, 0.2) is 0 Å². The van der Waals surface area contributed by atoms with Crippen molar-refractivity contribution in [3.05, 3.63) is 45.5 Å². The summed E-state index contributed by atoms with van der Waals surface area (Å²) in [7, 11) is 0. The molecule has 0 radical (unpaired) electrons. The van der Waals surface area contributed by atoms with Gasteiger partial charge in [0, 0.05) is 11.4 Å². The molecule has 6 heteroatoms. The lowest BCUT2D eigenvalue weighted by molar-refractivity contribution is -0.125. The number of thiophene rings is 1. The normalized spacial score (nSPS) is 19.0. The lowest BCUT2D eigenvalue weighted by Crippen LogP contribution is -2.42. The molecule has 0 aromatic carbocycles. The number of halogens is 1. The highest BCUT2D eigenvalue weighted by Gasteiger charge is 2.30. The second kappa shape index (κ2) is 6.64. The number of likely N-dealkylation sites (tertiary alicyclic amines) is 1. The Balaban J connectivity index is 1.56. The van der Waals surface area contributed by atoms with Crippen molar-refractivity contribution < 1.29 is 9.21 Å². The van der Waals surface area contributed by atoms with Gasteiger partial charge in [-0.05, 0) is 43.7 Å². The summed E-state index contributed by atoms with van der Waals surface area (Å²) < 4.78 is 6.02. The Kier molecular flexibility index (Phi) is 4.63. The predicted octanol–water partition coefficient (Wildman–Crippen LogP) is 3.28. The number of carbonyl (C=O) groups excluding carboxylic acids is 1. The van der Waals surface area contributed by atoms with Gasteiger partial charge in [-0.3, -0.25) is 9.69 Å². The zero-order chi connectivity index (χ0) is 14.7. The number of rotatable bonds is 5. The first kappa shape index (κ1) is 14.6. The van der Waals surface area contributed by atoms with Crippen molar-refractivity contribution in [2.45, 2.75) is 32.0 Å². The second-order valence-electron chi connectivity index (χ2n) is 5.13. The van der Waals surface area contributed by atoms with Crippen LogP contribution in [0.2, 0.25) is 4.34 Å². The molecule has 0 aliphatic carbocycles. The minimum atomic E-state index is -0.0548. The summed E-state index contributed by atoms with van der Waals surface area (Å²) in [6.45, 7) is 2.19. The molecule has 1 amide bonds. The van der Waals surface area contributed by atoms with Crippen LogP contribution in [0.4, 0.5) is 0 Å². The standard InChI is InChI=1S/C15H17ClN2O2S/c16-14-6-5-12(21-14)10-18-7-1-4-13(18)15(19)17-9-11-3-2-8-20-11/h2-3,5-6,8,13H,1,4,7,9-10H2,(H,17,19). The van der Waals surface area contributed by atoms with Gasteiger partial charge in [0.1, 0.15) is 5.76 Å². The van der Waals surface area contributed by atoms with E-state index in [9.17, 15) is 4.79 Å². The predicted molar refractivity (Wildman–Crippen MR) is 83.3 cm³/mol. The van der Waals surface area contributed by atoms with Crippen molar-refractivity contribution in [2.75, 3.05) is 6.54 Å². The summed E-state index contributed by atoms with van der Waals surface area (Å²) in [5.41, 5.74) is 0. The van der Waals surface area contributed by atoms with Gasteiger partial charge >= 0.3 is 0 Å². The molecule has 1 fully saturated rings. The van der Waals surface area contributed by atoms with Gasteiger partial charge in [0.2, 0.25) is 5.91 Å². The Hall–Kier alpha value is -1.30. The summed E-state index contributed by atoms with van der Waals surface area (Å²) in [6, 6.07) is 7.57. The van der Waals surface area contributed by atoms with Crippen LogP contribution in [-0.2, 0) is 17.9 Å². The second-order valence-corrected chi connectivity index (χ2v) is 6.93. The Morgan fingerprint density at radius 1 is 1.48 bits per heavy atom. The smallest absolute Gasteiger partial charge is 0.237 e. The molecule has 112 valence electrons. The van der Waals surface area contributed by atoms with Gasteiger partial charge in [-0.2, -0.15) is 0 Å². The van der Waals surface area contributed by atoms with Crippen molar-refractivity contribution in [3.8, 4) is 0 Å². The minimum Gasteiger partial charge on any atom is -0.467 e. The van der Waals surface area contributed by atoms with Crippen molar-refractivity contribution in [2.24, 2.45) is 0 Å². The topological polar surface area (TPSA) is 45.5 Å². The zero-order valence-electron chi connectivity index (χ0n) is 11.5. The van der Waals surface area contributed by atoms with Crippen molar-refractivity contribution in [1.82, 2.24) is 10.2 Å². The molecule has 3 heterocycles. The van der Waals surface area contributed by atoms with Gasteiger partial charge in [-0.1, -0.05) is 11.6 Å². The van der Waals surface area contributed by atoms with Gasteiger partial charge in [0.25, 0.3) is 0 Å². The number of hydrogen-bond acceptors (Lipinski definition) is 4. The molecule has 0 saturated carbocycles. The van der Waals surface area contributed by atoms with Crippen LogP contribution in [0.1, 0.15) is 23.5 Å². The maximum Gasteiger partial charge on any atom is 0.237 e. The fraction of sp³-hybridized carbons (Fsp3) is 0.400. The lowest BCUT2D eigenvalue weighted by atomic mass is 10.2. The van der Waals surface area contributed by atoms with Gasteiger partial charge in [-0.25, -0.2) is 0 Å². The molecule has 1 saturated heterocycles. The number of nitrogens with zero attached hydrogens (tertiary/aromatic N) is 1. The quantitative estimate of drug-likeness (QED) is 0.918. The first-order valence-corrected chi connectivity index (χ1v) is 8.20. The van der Waals surface area contributed by atoms with Crippen LogP contribution in [0.3, 0.4) is 0 Å². The maximum absolute atomic E-state index is 12.3. The summed E-state index contributed by atoms with van der Waals surface area (Å²) in [4.78, 5) is 15.8. The molecule has 4 nitrogen and oxygen atoms in total. The van der Waals surface area contributed by atoms with Crippen LogP contribution in [0, 0.1) is 0 Å². The number of amides is 1. The molecule has 2 aromatic heterocycles. The van der Waals surface area contributed by atoms with Crippen molar-refractivity contribution >= 4 is 28.8 Å². The van der Waals surface area contributed by atoms with Crippen LogP contribution in [0.15, 0.2) is 34.9 Å². The van der Waals surface area contributed by atoms with E-state index < -0.39 is 0 Å². The Morgan fingerprint density at radius 2 is 2.38 bits per heavy atom. The molecule has 0 spiro atoms. The SMILES string of the molecule is O=C(NCc1ccco1)C1CCCN1Cc1ccc(Cl)s1. The van der Waals surface area contributed by atoms with Crippen molar-refractivity contribution in [3.63, 3.8) is 0 Å². The fourth-order valence-corrected chi connectivity index (χ4v) is 3.77. The molecule has 0 bridgehead atoms. The number of carbonyl (C=O) groups is 1. The molecular weight excluding hydrogens is 308 g/mol. The highest BCUT2D eigenvalue weighted by atomic mass is 35.5. The average Bonchev–Trinajstić information content (AvgIpc) is 3.19. The number of nitrogens with one attached hydrogen (secondary N) is 1. The molecule has 1 unspecified atom stereocenters. The van der Waals surface area contributed by atoms with E-state index in [2.05, 4.69) is 10.2 Å². The third-order valence-electron chi connectivity index (χ3n) is 3.67. The molecule has 1 aliphatic rings. The minimum absolute atomic E-state index is 0.0548. The summed E-state index contributed by atoms with van der Waals surface area (Å²) in [6.07, 6.45) is 3.57. The maximum atomic E-state index is 12.3. The van der Waals surface area contributed by atoms with E-state index >= 15 is 0 Å². The van der Waals surface area contributed by atoms with E-state index in [4.69, 9.17) is 16.0 Å². The molecule has 2 aromatic rings. The first-order chi connectivity index (χ1) is 10.2. The van der Waals surface area contributed by atoms with Gasteiger partial charge in [0.05, 0.1) is 23.2 Å². The Labute approximate surface area is 132 Å². The fourth-order valence-electron chi connectivity index (χ4n) is 2.65. The highest BCUT2D eigenvalue weighted by molar-refractivity contribution is 7.16. The molecule has 1 atom stereocenters. The molecule has 21 heavy (non-hydrogen) atoms. The van der Waals surface area contributed by atoms with E-state index in [0.29, 0.717) is 6.54 Å². The summed E-state index contributed by atoms with van der Waals surface area (Å²) >= 11 is 7.54. The largest absolute Gasteiger partial charge is 0.467 e. The molecule has 1 N–H and O–H groups in total. The van der Waals surface area contributed by atoms with E-state index in [1.165, 1.54) is 4.88 Å². The molecule has 1 aliphatic heterocycles. The summed E-state index contributed by atoms with van der Waals surface area (Å²) in [5.74, 6) is 0.851. The summed E-state index contributed by atoms with van der Waals surface area (Å²) in [5, 5.41) is 2.95. The van der Waals surface area contributed by atoms with E-state index in [1.54, 1.807) is 17.6 Å². The first-order valence-electron chi connectivity index (χ1n) is 7.01. The number of hydrogen-bond donors (Lipinski definition) is 1. The van der Waals surface area contributed by atoms with Crippen LogP contribution in [0.5, 0.6) is 0 Å². The molecular formula is C15H17ClN2O2S. The Morgan fingerprint density at radius 3 is 3.10 bits per heavy atom.